The maximum Gasteiger partial charge on any atom is 0.258 e. The molecule has 1 aliphatic rings. The molecular weight excluding hydrogens is 777 g/mol. The van der Waals surface area contributed by atoms with Gasteiger partial charge < -0.3 is 20.8 Å². The molecule has 3 rings (SSSR count). The summed E-state index contributed by atoms with van der Waals surface area (Å²) in [6, 6.07) is 6.60. The Morgan fingerprint density at radius 2 is 0.966 bits per heavy atom. The van der Waals surface area contributed by atoms with Crippen molar-refractivity contribution in [3.63, 3.8) is 0 Å². The van der Waals surface area contributed by atoms with Crippen molar-refractivity contribution in [2.45, 2.75) is 212 Å². The first-order chi connectivity index (χ1) is 28.6. The van der Waals surface area contributed by atoms with E-state index in [1.807, 2.05) is 0 Å². The highest BCUT2D eigenvalue weighted by atomic mass is 32.1. The molecule has 334 valence electrons. The van der Waals surface area contributed by atoms with Crippen LogP contribution in [0.2, 0.25) is 0 Å². The topological polar surface area (TPSA) is 133 Å². The van der Waals surface area contributed by atoms with E-state index in [-0.39, 0.29) is 12.0 Å². The third kappa shape index (κ3) is 15.8. The fraction of sp³-hybridized carbons (Fsp3) is 0.755. The number of rotatable bonds is 33. The van der Waals surface area contributed by atoms with Gasteiger partial charge in [-0.25, -0.2) is 0 Å². The number of hydrogen-bond acceptors (Lipinski definition) is 8. The standard InChI is InChI=1S/C49H80N2O6S2/c1-5-9-13-17-19-22-28-38(27-21-15-11-7-3)37-50-46(54)48(56,44-31-25-33-58-44)40-35-43(53)41(36-42(40)52)49(57,45-32-26-34-59-45)47(55)51-39(29-23-16-12-8-4)30-24-20-18-14-10-6-2/h25-26,31-34,38-41,56-57H,5-24,27-30,35-37H2,1-4H3,(H,50,54)(H,51,55). The fourth-order valence-corrected chi connectivity index (χ4v) is 10.7. The van der Waals surface area contributed by atoms with Crippen LogP contribution in [0.1, 0.15) is 204 Å². The van der Waals surface area contributed by atoms with E-state index in [1.165, 1.54) is 74.0 Å². The monoisotopic (exact) mass is 857 g/mol. The second-order valence-corrected chi connectivity index (χ2v) is 19.4. The number of hydrogen-bond donors (Lipinski definition) is 4. The molecule has 10 heteroatoms. The second kappa shape index (κ2) is 28.2. The van der Waals surface area contributed by atoms with Gasteiger partial charge >= 0.3 is 0 Å². The first-order valence-corrected chi connectivity index (χ1v) is 25.5. The molecular formula is C49H80N2O6S2. The van der Waals surface area contributed by atoms with Gasteiger partial charge in [0.05, 0.1) is 11.8 Å². The van der Waals surface area contributed by atoms with Gasteiger partial charge in [0, 0.05) is 35.2 Å². The van der Waals surface area contributed by atoms with Gasteiger partial charge in [-0.1, -0.05) is 168 Å². The second-order valence-electron chi connectivity index (χ2n) is 17.5. The Labute approximate surface area is 365 Å². The van der Waals surface area contributed by atoms with Crippen LogP contribution in [0.15, 0.2) is 35.0 Å². The summed E-state index contributed by atoms with van der Waals surface area (Å²) in [6.45, 7) is 9.17. The number of unbranched alkanes of at least 4 members (excludes halogenated alkanes) is 16. The van der Waals surface area contributed by atoms with E-state index in [4.69, 9.17) is 0 Å². The molecule has 0 aliphatic heterocycles. The van der Waals surface area contributed by atoms with Gasteiger partial charge in [-0.15, -0.1) is 22.7 Å². The van der Waals surface area contributed by atoms with Gasteiger partial charge in [-0.05, 0) is 54.5 Å². The molecule has 1 saturated carbocycles. The molecule has 4 N–H and O–H groups in total. The van der Waals surface area contributed by atoms with Crippen LogP contribution in [0, 0.1) is 17.8 Å². The summed E-state index contributed by atoms with van der Waals surface area (Å²) in [7, 11) is 0. The lowest BCUT2D eigenvalue weighted by atomic mass is 9.66. The summed E-state index contributed by atoms with van der Waals surface area (Å²) >= 11 is 2.37. The van der Waals surface area contributed by atoms with Crippen molar-refractivity contribution >= 4 is 46.1 Å². The zero-order valence-corrected chi connectivity index (χ0v) is 38.8. The lowest BCUT2D eigenvalue weighted by Gasteiger charge is -2.41. The third-order valence-corrected chi connectivity index (χ3v) is 14.7. The van der Waals surface area contributed by atoms with Crippen molar-refractivity contribution in [2.75, 3.05) is 6.54 Å². The Morgan fingerprint density at radius 1 is 0.593 bits per heavy atom. The number of carbonyl (C=O) groups is 4. The van der Waals surface area contributed by atoms with Gasteiger partial charge in [-0.3, -0.25) is 19.2 Å². The van der Waals surface area contributed by atoms with Gasteiger partial charge in [0.15, 0.2) is 11.2 Å². The van der Waals surface area contributed by atoms with Crippen molar-refractivity contribution < 1.29 is 29.4 Å². The van der Waals surface area contributed by atoms with E-state index in [1.54, 1.807) is 35.0 Å². The Hall–Kier alpha value is -2.40. The predicted molar refractivity (Wildman–Crippen MR) is 245 cm³/mol. The van der Waals surface area contributed by atoms with Crippen molar-refractivity contribution in [1.29, 1.82) is 0 Å². The number of aliphatic hydroxyl groups is 2. The Morgan fingerprint density at radius 3 is 1.37 bits per heavy atom. The molecule has 6 atom stereocenters. The average Bonchev–Trinajstić information content (AvgIpc) is 3.99. The van der Waals surface area contributed by atoms with E-state index in [0.29, 0.717) is 16.3 Å². The molecule has 2 heterocycles. The SMILES string of the molecule is CCCCCCCCC(CCCCCC)CNC(=O)C(O)(c1cccs1)C1CC(=O)C(C(O)(C(=O)NC(CCCCCC)CCCCCCCC)c2cccs2)CC1=O. The van der Waals surface area contributed by atoms with Crippen LogP contribution in [0.5, 0.6) is 0 Å². The lowest BCUT2D eigenvalue weighted by Crippen LogP contribution is -2.59. The maximum absolute atomic E-state index is 14.4. The molecule has 2 aromatic heterocycles. The molecule has 59 heavy (non-hydrogen) atoms. The van der Waals surface area contributed by atoms with Gasteiger partial charge in [-0.2, -0.15) is 0 Å². The minimum absolute atomic E-state index is 0.164. The van der Waals surface area contributed by atoms with Gasteiger partial charge in [0.2, 0.25) is 0 Å². The highest BCUT2D eigenvalue weighted by Gasteiger charge is 2.59. The smallest absolute Gasteiger partial charge is 0.258 e. The molecule has 8 nitrogen and oxygen atoms in total. The molecule has 1 aliphatic carbocycles. The first kappa shape index (κ1) is 51.0. The largest absolute Gasteiger partial charge is 0.374 e. The Bertz CT molecular complexity index is 1460. The predicted octanol–water partition coefficient (Wildman–Crippen LogP) is 11.7. The van der Waals surface area contributed by atoms with E-state index < -0.39 is 59.3 Å². The van der Waals surface area contributed by atoms with Crippen LogP contribution in [0.25, 0.3) is 0 Å². The average molecular weight is 857 g/mol. The van der Waals surface area contributed by atoms with E-state index in [2.05, 4.69) is 38.3 Å². The van der Waals surface area contributed by atoms with Gasteiger partial charge in [0.1, 0.15) is 11.6 Å². The molecule has 6 unspecified atom stereocenters. The van der Waals surface area contributed by atoms with Crippen molar-refractivity contribution in [3.8, 4) is 0 Å². The molecule has 0 aromatic carbocycles. The van der Waals surface area contributed by atoms with E-state index in [0.717, 1.165) is 103 Å². The van der Waals surface area contributed by atoms with Crippen LogP contribution in [0.3, 0.4) is 0 Å². The molecule has 0 saturated heterocycles. The summed E-state index contributed by atoms with van der Waals surface area (Å²) in [5.74, 6) is -4.78. The number of ketones is 2. The lowest BCUT2D eigenvalue weighted by molar-refractivity contribution is -0.168. The number of carbonyl (C=O) groups excluding carboxylic acids is 4. The number of nitrogens with one attached hydrogen (secondary N) is 2. The van der Waals surface area contributed by atoms with E-state index >= 15 is 0 Å². The summed E-state index contributed by atoms with van der Waals surface area (Å²) in [5, 5.41) is 34.7. The van der Waals surface area contributed by atoms with Crippen LogP contribution >= 0.6 is 22.7 Å². The zero-order valence-electron chi connectivity index (χ0n) is 37.2. The summed E-state index contributed by atoms with van der Waals surface area (Å²) < 4.78 is 0. The molecule has 0 bridgehead atoms. The normalized spacial score (nSPS) is 18.9. The zero-order chi connectivity index (χ0) is 42.9. The first-order valence-electron chi connectivity index (χ1n) is 23.7. The Kier molecular flexibility index (Phi) is 24.4. The quantitative estimate of drug-likeness (QED) is 0.0529. The van der Waals surface area contributed by atoms with Crippen molar-refractivity contribution in [1.82, 2.24) is 10.6 Å². The summed E-state index contributed by atoms with van der Waals surface area (Å²) in [5.41, 5.74) is -4.53. The molecule has 0 radical (unpaired) electrons. The van der Waals surface area contributed by atoms with Crippen LogP contribution < -0.4 is 10.6 Å². The Balaban J connectivity index is 1.81. The highest BCUT2D eigenvalue weighted by Crippen LogP contribution is 2.45. The van der Waals surface area contributed by atoms with Crippen LogP contribution in [-0.2, 0) is 30.4 Å². The number of Topliss-reactive ketones (excluding diaryl/α,β-unsaturated/α-hetero) is 2. The minimum Gasteiger partial charge on any atom is -0.374 e. The van der Waals surface area contributed by atoms with Gasteiger partial charge in [0.25, 0.3) is 11.8 Å². The van der Waals surface area contributed by atoms with Crippen molar-refractivity contribution in [2.24, 2.45) is 17.8 Å². The number of thiophene rings is 2. The van der Waals surface area contributed by atoms with E-state index in [9.17, 15) is 29.4 Å². The minimum atomic E-state index is -2.26. The molecule has 1 fully saturated rings. The maximum atomic E-state index is 14.4. The van der Waals surface area contributed by atoms with Crippen molar-refractivity contribution in [3.05, 3.63) is 44.8 Å². The molecule has 0 spiro atoms. The summed E-state index contributed by atoms with van der Waals surface area (Å²) in [6.07, 6.45) is 25.3. The molecule has 2 amide bonds. The highest BCUT2D eigenvalue weighted by molar-refractivity contribution is 7.10. The molecule has 2 aromatic rings. The van der Waals surface area contributed by atoms with Crippen LogP contribution in [-0.4, -0.2) is 46.2 Å². The fourth-order valence-electron chi connectivity index (χ4n) is 8.92. The summed E-state index contributed by atoms with van der Waals surface area (Å²) in [4.78, 5) is 58.1. The number of amides is 2. The van der Waals surface area contributed by atoms with Crippen LogP contribution in [0.4, 0.5) is 0 Å². The third-order valence-electron chi connectivity index (χ3n) is 12.7.